The zero-order chi connectivity index (χ0) is 14.7. The molecule has 0 radical (unpaired) electrons. The Labute approximate surface area is 128 Å². The molecule has 1 aliphatic rings. The summed E-state index contributed by atoms with van der Waals surface area (Å²) >= 11 is 1.79. The van der Waals surface area contributed by atoms with Crippen molar-refractivity contribution in [1.29, 1.82) is 0 Å². The van der Waals surface area contributed by atoms with Gasteiger partial charge in [0.05, 0.1) is 13.7 Å². The Bertz CT molecular complexity index is 621. The third-order valence-corrected chi connectivity index (χ3v) is 4.72. The van der Waals surface area contributed by atoms with Crippen molar-refractivity contribution in [2.45, 2.75) is 13.0 Å². The van der Waals surface area contributed by atoms with E-state index in [-0.39, 0.29) is 5.91 Å². The summed E-state index contributed by atoms with van der Waals surface area (Å²) < 4.78 is 5.11. The quantitative estimate of drug-likeness (QED) is 0.944. The second kappa shape index (κ2) is 6.18. The molecule has 5 heteroatoms. The number of fused-ring (bicyclic) bond motifs is 1. The van der Waals surface area contributed by atoms with Crippen LogP contribution in [0.2, 0.25) is 0 Å². The second-order valence-electron chi connectivity index (χ2n) is 5.02. The Morgan fingerprint density at radius 2 is 2.14 bits per heavy atom. The Morgan fingerprint density at radius 1 is 1.33 bits per heavy atom. The van der Waals surface area contributed by atoms with Gasteiger partial charge in [0.2, 0.25) is 5.91 Å². The maximum absolute atomic E-state index is 12.3. The van der Waals surface area contributed by atoms with Crippen LogP contribution in [0.1, 0.15) is 10.4 Å². The van der Waals surface area contributed by atoms with E-state index in [2.05, 4.69) is 16.8 Å². The minimum Gasteiger partial charge on any atom is -0.497 e. The number of carbonyl (C=O) groups is 1. The lowest BCUT2D eigenvalue weighted by atomic mass is 10.1. The molecule has 0 unspecified atom stereocenters. The van der Waals surface area contributed by atoms with Crippen LogP contribution in [0.25, 0.3) is 0 Å². The first-order valence-corrected chi connectivity index (χ1v) is 7.85. The van der Waals surface area contributed by atoms with Crippen LogP contribution in [0.3, 0.4) is 0 Å². The number of methoxy groups -OCH3 is 1. The van der Waals surface area contributed by atoms with Crippen LogP contribution in [-0.2, 0) is 17.8 Å². The molecule has 1 amide bonds. The highest BCUT2D eigenvalue weighted by molar-refractivity contribution is 7.10. The Hall–Kier alpha value is -2.01. The molecule has 0 spiro atoms. The minimum absolute atomic E-state index is 0.141. The summed E-state index contributed by atoms with van der Waals surface area (Å²) in [6, 6.07) is 9.71. The predicted octanol–water partition coefficient (Wildman–Crippen LogP) is 2.75. The van der Waals surface area contributed by atoms with Gasteiger partial charge in [-0.1, -0.05) is 0 Å². The maximum Gasteiger partial charge on any atom is 0.242 e. The molecular weight excluding hydrogens is 284 g/mol. The van der Waals surface area contributed by atoms with Crippen molar-refractivity contribution in [2.75, 3.05) is 25.5 Å². The van der Waals surface area contributed by atoms with E-state index in [0.717, 1.165) is 30.9 Å². The van der Waals surface area contributed by atoms with Crippen LogP contribution < -0.4 is 10.1 Å². The fraction of sp³-hybridized carbons (Fsp3) is 0.312. The van der Waals surface area contributed by atoms with Crippen molar-refractivity contribution in [3.63, 3.8) is 0 Å². The predicted molar refractivity (Wildman–Crippen MR) is 84.9 cm³/mol. The van der Waals surface area contributed by atoms with E-state index in [9.17, 15) is 4.79 Å². The van der Waals surface area contributed by atoms with Gasteiger partial charge in [0, 0.05) is 23.7 Å². The molecule has 1 aromatic carbocycles. The zero-order valence-corrected chi connectivity index (χ0v) is 12.8. The first-order chi connectivity index (χ1) is 10.3. The molecule has 21 heavy (non-hydrogen) atoms. The fourth-order valence-electron chi connectivity index (χ4n) is 2.46. The lowest BCUT2D eigenvalue weighted by Crippen LogP contribution is -2.38. The number of benzene rings is 1. The molecular formula is C16H18N2O2S. The molecule has 0 saturated carbocycles. The maximum atomic E-state index is 12.3. The summed E-state index contributed by atoms with van der Waals surface area (Å²) in [6.45, 7) is 1.88. The lowest BCUT2D eigenvalue weighted by Gasteiger charge is -2.27. The van der Waals surface area contributed by atoms with Crippen molar-refractivity contribution in [3.8, 4) is 5.75 Å². The molecule has 0 atom stereocenters. The van der Waals surface area contributed by atoms with Crippen LogP contribution >= 0.6 is 11.3 Å². The molecule has 0 saturated heterocycles. The van der Waals surface area contributed by atoms with Crippen molar-refractivity contribution in [2.24, 2.45) is 0 Å². The highest BCUT2D eigenvalue weighted by atomic mass is 32.1. The monoisotopic (exact) mass is 302 g/mol. The molecule has 1 aromatic heterocycles. The minimum atomic E-state index is 0.141. The number of nitrogens with zero attached hydrogens (tertiary/aromatic N) is 1. The molecule has 1 N–H and O–H groups in total. The van der Waals surface area contributed by atoms with Crippen LogP contribution in [0.4, 0.5) is 5.69 Å². The van der Waals surface area contributed by atoms with E-state index in [1.165, 1.54) is 10.4 Å². The van der Waals surface area contributed by atoms with Gasteiger partial charge in [0.1, 0.15) is 5.75 Å². The van der Waals surface area contributed by atoms with E-state index in [1.54, 1.807) is 18.4 Å². The van der Waals surface area contributed by atoms with Gasteiger partial charge in [-0.05, 0) is 47.7 Å². The van der Waals surface area contributed by atoms with Gasteiger partial charge >= 0.3 is 0 Å². The average molecular weight is 302 g/mol. The Balaban J connectivity index is 1.54. The third-order valence-electron chi connectivity index (χ3n) is 3.69. The van der Waals surface area contributed by atoms with E-state index in [0.29, 0.717) is 6.54 Å². The van der Waals surface area contributed by atoms with Crippen LogP contribution in [0.15, 0.2) is 35.7 Å². The average Bonchev–Trinajstić information content (AvgIpc) is 3.00. The number of carbonyl (C=O) groups excluding carboxylic acids is 1. The molecule has 0 aliphatic carbocycles. The summed E-state index contributed by atoms with van der Waals surface area (Å²) in [7, 11) is 1.64. The smallest absolute Gasteiger partial charge is 0.242 e. The zero-order valence-electron chi connectivity index (χ0n) is 12.0. The van der Waals surface area contributed by atoms with E-state index in [4.69, 9.17) is 4.74 Å². The molecule has 3 rings (SSSR count). The third kappa shape index (κ3) is 3.19. The SMILES string of the molecule is COc1ccc(NCC(=O)N2CCc3sccc3C2)cc1. The Morgan fingerprint density at radius 3 is 2.90 bits per heavy atom. The highest BCUT2D eigenvalue weighted by Crippen LogP contribution is 2.24. The van der Waals surface area contributed by atoms with Crippen LogP contribution in [0, 0.1) is 0 Å². The number of hydrogen-bond donors (Lipinski definition) is 1. The van der Waals surface area contributed by atoms with Gasteiger partial charge in [-0.3, -0.25) is 4.79 Å². The first-order valence-electron chi connectivity index (χ1n) is 6.97. The summed E-state index contributed by atoms with van der Waals surface area (Å²) in [5, 5.41) is 5.27. The summed E-state index contributed by atoms with van der Waals surface area (Å²) in [6.07, 6.45) is 0.973. The van der Waals surface area contributed by atoms with Gasteiger partial charge in [-0.25, -0.2) is 0 Å². The molecule has 0 bridgehead atoms. The molecule has 2 heterocycles. The summed E-state index contributed by atoms with van der Waals surface area (Å²) in [5.41, 5.74) is 2.22. The van der Waals surface area contributed by atoms with Crippen LogP contribution in [0.5, 0.6) is 5.75 Å². The number of rotatable bonds is 4. The van der Waals surface area contributed by atoms with Crippen molar-refractivity contribution < 1.29 is 9.53 Å². The molecule has 4 nitrogen and oxygen atoms in total. The van der Waals surface area contributed by atoms with Crippen molar-refractivity contribution in [1.82, 2.24) is 4.90 Å². The second-order valence-corrected chi connectivity index (χ2v) is 6.02. The number of hydrogen-bond acceptors (Lipinski definition) is 4. The molecule has 2 aromatic rings. The van der Waals surface area contributed by atoms with E-state index >= 15 is 0 Å². The van der Waals surface area contributed by atoms with E-state index < -0.39 is 0 Å². The fourth-order valence-corrected chi connectivity index (χ4v) is 3.35. The number of nitrogens with one attached hydrogen (secondary N) is 1. The van der Waals surface area contributed by atoms with E-state index in [1.807, 2.05) is 29.2 Å². The van der Waals surface area contributed by atoms with Gasteiger partial charge in [-0.2, -0.15) is 0 Å². The summed E-state index contributed by atoms with van der Waals surface area (Å²) in [5.74, 6) is 0.954. The number of anilines is 1. The standard InChI is InChI=1S/C16H18N2O2S/c1-20-14-4-2-13(3-5-14)17-10-16(19)18-8-6-15-12(11-18)7-9-21-15/h2-5,7,9,17H,6,8,10-11H2,1H3. The van der Waals surface area contributed by atoms with Gasteiger partial charge in [0.15, 0.2) is 0 Å². The normalized spacial score (nSPS) is 13.7. The van der Waals surface area contributed by atoms with Crippen LogP contribution in [-0.4, -0.2) is 31.0 Å². The topological polar surface area (TPSA) is 41.6 Å². The number of thiophene rings is 1. The van der Waals surface area contributed by atoms with Crippen molar-refractivity contribution in [3.05, 3.63) is 46.2 Å². The van der Waals surface area contributed by atoms with Gasteiger partial charge < -0.3 is 15.0 Å². The van der Waals surface area contributed by atoms with Gasteiger partial charge in [-0.15, -0.1) is 11.3 Å². The highest BCUT2D eigenvalue weighted by Gasteiger charge is 2.20. The number of amides is 1. The lowest BCUT2D eigenvalue weighted by molar-refractivity contribution is -0.130. The Kier molecular flexibility index (Phi) is 4.10. The largest absolute Gasteiger partial charge is 0.497 e. The molecule has 110 valence electrons. The van der Waals surface area contributed by atoms with Crippen molar-refractivity contribution >= 4 is 22.9 Å². The summed E-state index contributed by atoms with van der Waals surface area (Å²) in [4.78, 5) is 15.6. The number of ether oxygens (including phenoxy) is 1. The molecule has 1 aliphatic heterocycles. The first kappa shape index (κ1) is 13.9. The van der Waals surface area contributed by atoms with Gasteiger partial charge in [0.25, 0.3) is 0 Å². The molecule has 0 fully saturated rings.